The van der Waals surface area contributed by atoms with Crippen molar-refractivity contribution >= 4 is 23.3 Å². The summed E-state index contributed by atoms with van der Waals surface area (Å²) in [6.45, 7) is 5.32. The van der Waals surface area contributed by atoms with Gasteiger partial charge in [0.15, 0.2) is 0 Å². The fourth-order valence-electron chi connectivity index (χ4n) is 1.78. The molecule has 0 aliphatic rings. The largest absolute Gasteiger partial charge is 0.443 e. The van der Waals surface area contributed by atoms with Crippen molar-refractivity contribution in [1.29, 1.82) is 0 Å². The average Bonchev–Trinajstić information content (AvgIpc) is 2.63. The maximum Gasteiger partial charge on any atom is 0.428 e. The van der Waals surface area contributed by atoms with Gasteiger partial charge in [-0.25, -0.2) is 15.0 Å². The van der Waals surface area contributed by atoms with Crippen LogP contribution >= 0.6 is 0 Å². The Morgan fingerprint density at radius 2 is 2.14 bits per heavy atom. The smallest absolute Gasteiger partial charge is 0.428 e. The molecule has 0 radical (unpaired) electrons. The lowest BCUT2D eigenvalue weighted by Gasteiger charge is -2.18. The number of hydrogen-bond donors (Lipinski definition) is 2. The van der Waals surface area contributed by atoms with Gasteiger partial charge in [-0.3, -0.25) is 4.57 Å². The highest BCUT2D eigenvalue weighted by Crippen LogP contribution is 2.10. The topological polar surface area (TPSA) is 88.5 Å². The Balaban J connectivity index is 2.09. The number of nitrogens with zero attached hydrogens (tertiary/aromatic N) is 2. The highest BCUT2D eigenvalue weighted by Gasteiger charge is 2.15. The summed E-state index contributed by atoms with van der Waals surface area (Å²) in [4.78, 5) is 25.6. The zero-order valence-corrected chi connectivity index (χ0v) is 12.4. The molecule has 0 unspecified atom stereocenters. The van der Waals surface area contributed by atoms with Crippen LogP contribution in [0.2, 0.25) is 0 Å². The third-order valence-corrected chi connectivity index (χ3v) is 2.70. The molecule has 0 saturated carbocycles. The minimum absolute atomic E-state index is 0.175. The number of ether oxygens (including phenoxy) is 1. The number of nitrogens with one attached hydrogen (secondary N) is 2. The molecule has 0 fully saturated rings. The van der Waals surface area contributed by atoms with Crippen molar-refractivity contribution in [3.63, 3.8) is 0 Å². The van der Waals surface area contributed by atoms with E-state index in [4.69, 9.17) is 4.74 Å². The van der Waals surface area contributed by atoms with E-state index < -0.39 is 11.7 Å². The maximum absolute atomic E-state index is 11.5. The molecule has 7 nitrogen and oxygen atoms in total. The molecule has 1 amide bonds. The zero-order chi connectivity index (χ0) is 15.6. The molecule has 2 rings (SSSR count). The van der Waals surface area contributed by atoms with E-state index in [2.05, 4.69) is 15.5 Å². The van der Waals surface area contributed by atoms with Crippen LogP contribution in [0.15, 0.2) is 28.1 Å². The molecule has 0 aliphatic carbocycles. The van der Waals surface area contributed by atoms with Crippen molar-refractivity contribution in [2.24, 2.45) is 12.1 Å². The van der Waals surface area contributed by atoms with E-state index in [1.807, 2.05) is 0 Å². The number of aromatic nitrogens is 2. The fourth-order valence-corrected chi connectivity index (χ4v) is 1.78. The van der Waals surface area contributed by atoms with Gasteiger partial charge >= 0.3 is 11.8 Å². The van der Waals surface area contributed by atoms with E-state index >= 15 is 0 Å². The molecule has 1 aromatic carbocycles. The number of H-pyrrole nitrogens is 1. The van der Waals surface area contributed by atoms with Gasteiger partial charge in [0, 0.05) is 7.05 Å². The van der Waals surface area contributed by atoms with Gasteiger partial charge in [0.2, 0.25) is 0 Å². The van der Waals surface area contributed by atoms with Crippen molar-refractivity contribution in [3.05, 3.63) is 34.2 Å². The van der Waals surface area contributed by atoms with Gasteiger partial charge in [-0.1, -0.05) is 6.07 Å². The van der Waals surface area contributed by atoms with Crippen molar-refractivity contribution in [2.75, 3.05) is 0 Å². The number of rotatable bonds is 2. The summed E-state index contributed by atoms with van der Waals surface area (Å²) in [5.41, 5.74) is 3.82. The van der Waals surface area contributed by atoms with Crippen LogP contribution in [-0.4, -0.2) is 27.5 Å². The molecule has 2 aromatic rings. The summed E-state index contributed by atoms with van der Waals surface area (Å²) >= 11 is 0. The molecule has 1 heterocycles. The average molecular weight is 290 g/mol. The molecule has 7 heteroatoms. The normalized spacial score (nSPS) is 12.0. The Kier molecular flexibility index (Phi) is 3.84. The molecule has 1 aromatic heterocycles. The fraction of sp³-hybridized carbons (Fsp3) is 0.357. The van der Waals surface area contributed by atoms with E-state index in [9.17, 15) is 9.59 Å². The van der Waals surface area contributed by atoms with Crippen molar-refractivity contribution in [2.45, 2.75) is 26.4 Å². The number of imidazole rings is 1. The number of aromatic amines is 1. The quantitative estimate of drug-likeness (QED) is 0.652. The third kappa shape index (κ3) is 3.71. The maximum atomic E-state index is 11.5. The first-order valence-electron chi connectivity index (χ1n) is 6.47. The van der Waals surface area contributed by atoms with Gasteiger partial charge < -0.3 is 9.72 Å². The number of hydrazone groups is 1. The summed E-state index contributed by atoms with van der Waals surface area (Å²) in [5, 5.41) is 3.82. The number of aryl methyl sites for hydroxylation is 1. The van der Waals surface area contributed by atoms with Crippen LogP contribution in [0.1, 0.15) is 26.3 Å². The van der Waals surface area contributed by atoms with Gasteiger partial charge in [0.25, 0.3) is 0 Å². The van der Waals surface area contributed by atoms with Crippen LogP contribution < -0.4 is 11.1 Å². The van der Waals surface area contributed by atoms with Crippen LogP contribution in [0.3, 0.4) is 0 Å². The second kappa shape index (κ2) is 5.43. The summed E-state index contributed by atoms with van der Waals surface area (Å²) in [7, 11) is 1.68. The Morgan fingerprint density at radius 1 is 1.43 bits per heavy atom. The molecule has 0 aliphatic heterocycles. The number of fused-ring (bicyclic) bond motifs is 1. The number of carbonyl (C=O) groups is 1. The first-order valence-corrected chi connectivity index (χ1v) is 6.47. The van der Waals surface area contributed by atoms with Crippen molar-refractivity contribution in [3.8, 4) is 0 Å². The first-order chi connectivity index (χ1) is 9.76. The van der Waals surface area contributed by atoms with Gasteiger partial charge in [0.05, 0.1) is 17.2 Å². The minimum Gasteiger partial charge on any atom is -0.443 e. The number of carbonyl (C=O) groups excluding carboxylic acids is 1. The van der Waals surface area contributed by atoms with E-state index in [0.717, 1.165) is 16.6 Å². The zero-order valence-electron chi connectivity index (χ0n) is 12.4. The van der Waals surface area contributed by atoms with Gasteiger partial charge in [0.1, 0.15) is 5.60 Å². The van der Waals surface area contributed by atoms with Crippen LogP contribution in [0, 0.1) is 0 Å². The molecule has 0 atom stereocenters. The Labute approximate surface area is 121 Å². The van der Waals surface area contributed by atoms with Crippen LogP contribution in [0.5, 0.6) is 0 Å². The Bertz CT molecular complexity index is 750. The van der Waals surface area contributed by atoms with E-state index in [1.54, 1.807) is 46.0 Å². The highest BCUT2D eigenvalue weighted by molar-refractivity contribution is 5.87. The van der Waals surface area contributed by atoms with Crippen LogP contribution in [0.25, 0.3) is 11.0 Å². The summed E-state index contributed by atoms with van der Waals surface area (Å²) in [6, 6.07) is 5.37. The lowest BCUT2D eigenvalue weighted by atomic mass is 10.2. The first kappa shape index (κ1) is 14.8. The van der Waals surface area contributed by atoms with Crippen LogP contribution in [0.4, 0.5) is 4.79 Å². The standard InChI is InChI=1S/C14H18N4O3/c1-14(2,3)21-13(20)17-15-8-9-5-6-10-11(7-9)18(4)12(19)16-10/h5-8H,1-4H3,(H,16,19)(H,17,20)/b15-8+. The SMILES string of the molecule is Cn1c(=O)[nH]c2ccc(/C=N/NC(=O)OC(C)(C)C)cc21. The van der Waals surface area contributed by atoms with Gasteiger partial charge in [-0.2, -0.15) is 5.10 Å². The summed E-state index contributed by atoms with van der Waals surface area (Å²) in [6.07, 6.45) is 0.870. The molecule has 0 bridgehead atoms. The third-order valence-electron chi connectivity index (χ3n) is 2.70. The number of benzene rings is 1. The predicted octanol–water partition coefficient (Wildman–Crippen LogP) is 1.73. The molecule has 2 N–H and O–H groups in total. The number of hydrogen-bond acceptors (Lipinski definition) is 4. The second-order valence-corrected chi connectivity index (χ2v) is 5.64. The molecule has 21 heavy (non-hydrogen) atoms. The minimum atomic E-state index is -0.617. The second-order valence-electron chi connectivity index (χ2n) is 5.64. The van der Waals surface area contributed by atoms with Gasteiger partial charge in [-0.05, 0) is 38.5 Å². The lowest BCUT2D eigenvalue weighted by Crippen LogP contribution is -2.29. The van der Waals surface area contributed by atoms with Crippen molar-refractivity contribution in [1.82, 2.24) is 15.0 Å². The lowest BCUT2D eigenvalue weighted by molar-refractivity contribution is 0.0529. The van der Waals surface area contributed by atoms with E-state index in [0.29, 0.717) is 0 Å². The molecular formula is C14H18N4O3. The van der Waals surface area contributed by atoms with Crippen LogP contribution in [-0.2, 0) is 11.8 Å². The molecule has 112 valence electrons. The van der Waals surface area contributed by atoms with Crippen molar-refractivity contribution < 1.29 is 9.53 Å². The molecular weight excluding hydrogens is 272 g/mol. The monoisotopic (exact) mass is 290 g/mol. The summed E-state index contributed by atoms with van der Waals surface area (Å²) in [5.74, 6) is 0. The predicted molar refractivity (Wildman–Crippen MR) is 80.5 cm³/mol. The summed E-state index contributed by atoms with van der Waals surface area (Å²) < 4.78 is 6.56. The van der Waals surface area contributed by atoms with E-state index in [1.165, 1.54) is 10.8 Å². The Morgan fingerprint density at radius 3 is 2.81 bits per heavy atom. The number of amides is 1. The van der Waals surface area contributed by atoms with Gasteiger partial charge in [-0.15, -0.1) is 0 Å². The molecule has 0 saturated heterocycles. The van der Waals surface area contributed by atoms with E-state index in [-0.39, 0.29) is 5.69 Å². The molecule has 0 spiro atoms. The highest BCUT2D eigenvalue weighted by atomic mass is 16.6. The Hall–Kier alpha value is -2.57.